The van der Waals surface area contributed by atoms with Gasteiger partial charge in [-0.05, 0) is 12.1 Å². The van der Waals surface area contributed by atoms with Crippen molar-refractivity contribution in [2.75, 3.05) is 12.3 Å². The van der Waals surface area contributed by atoms with Gasteiger partial charge in [0.25, 0.3) is 5.91 Å². The van der Waals surface area contributed by atoms with Gasteiger partial charge in [0.05, 0.1) is 16.2 Å². The summed E-state index contributed by atoms with van der Waals surface area (Å²) >= 11 is 19.4. The maximum absolute atomic E-state index is 11.7. The molecule has 0 spiro atoms. The van der Waals surface area contributed by atoms with Gasteiger partial charge < -0.3 is 5.32 Å². The molecule has 2 rings (SSSR count). The van der Waals surface area contributed by atoms with Crippen molar-refractivity contribution in [3.05, 3.63) is 51.5 Å². The number of amides is 1. The Morgan fingerprint density at radius 2 is 1.90 bits per heavy atom. The summed E-state index contributed by atoms with van der Waals surface area (Å²) in [5, 5.41) is 4.23. The third-order valence-electron chi connectivity index (χ3n) is 2.39. The van der Waals surface area contributed by atoms with Crippen molar-refractivity contribution < 1.29 is 4.79 Å². The molecule has 0 radical (unpaired) electrons. The van der Waals surface area contributed by atoms with E-state index in [0.717, 1.165) is 4.90 Å². The van der Waals surface area contributed by atoms with E-state index in [1.165, 1.54) is 30.4 Å². The van der Waals surface area contributed by atoms with Gasteiger partial charge in [0.2, 0.25) is 0 Å². The Hall–Kier alpha value is -1.01. The Labute approximate surface area is 141 Å². The highest BCUT2D eigenvalue weighted by Gasteiger charge is 2.09. The van der Waals surface area contributed by atoms with Gasteiger partial charge in [-0.1, -0.05) is 34.8 Å². The van der Waals surface area contributed by atoms with Crippen LogP contribution in [0, 0.1) is 0 Å². The minimum absolute atomic E-state index is 0.267. The topological polar surface area (TPSA) is 54.9 Å². The predicted molar refractivity (Wildman–Crippen MR) is 86.6 cm³/mol. The first-order valence-electron chi connectivity index (χ1n) is 5.89. The number of hydrogen-bond donors (Lipinski definition) is 1. The molecule has 1 aromatic heterocycles. The second-order valence-electron chi connectivity index (χ2n) is 3.89. The number of carbonyl (C=O) groups is 1. The van der Waals surface area contributed by atoms with E-state index in [4.69, 9.17) is 34.8 Å². The molecular formula is C13H10Cl3N3OS. The SMILES string of the molecule is O=C(NCCSc1c(Cl)cc(Cl)cc1Cl)c1cnccn1. The lowest BCUT2D eigenvalue weighted by atomic mass is 10.4. The number of thioether (sulfide) groups is 1. The Kier molecular flexibility index (Phi) is 6.11. The molecule has 2 aromatic rings. The summed E-state index contributed by atoms with van der Waals surface area (Å²) in [6.45, 7) is 0.454. The molecule has 0 atom stereocenters. The Bertz CT molecular complexity index is 617. The maximum Gasteiger partial charge on any atom is 0.271 e. The average Bonchev–Trinajstić information content (AvgIpc) is 2.46. The first-order chi connectivity index (χ1) is 10.1. The Morgan fingerprint density at radius 3 is 2.52 bits per heavy atom. The van der Waals surface area contributed by atoms with Gasteiger partial charge in [0.15, 0.2) is 0 Å². The van der Waals surface area contributed by atoms with Crippen LogP contribution in [-0.2, 0) is 0 Å². The summed E-state index contributed by atoms with van der Waals surface area (Å²) in [5.74, 6) is 0.351. The van der Waals surface area contributed by atoms with E-state index in [-0.39, 0.29) is 11.6 Å². The molecule has 1 heterocycles. The lowest BCUT2D eigenvalue weighted by Gasteiger charge is -2.08. The van der Waals surface area contributed by atoms with E-state index in [2.05, 4.69) is 15.3 Å². The molecule has 0 fully saturated rings. The number of nitrogens with zero attached hydrogens (tertiary/aromatic N) is 2. The van der Waals surface area contributed by atoms with Gasteiger partial charge in [-0.3, -0.25) is 9.78 Å². The number of hydrogen-bond acceptors (Lipinski definition) is 4. The molecule has 0 aliphatic heterocycles. The Balaban J connectivity index is 1.84. The van der Waals surface area contributed by atoms with Gasteiger partial charge in [-0.25, -0.2) is 4.98 Å². The molecule has 1 amide bonds. The van der Waals surface area contributed by atoms with Gasteiger partial charge in [0.1, 0.15) is 5.69 Å². The average molecular weight is 363 g/mol. The first kappa shape index (κ1) is 16.4. The van der Waals surface area contributed by atoms with Crippen LogP contribution < -0.4 is 5.32 Å². The summed E-state index contributed by atoms with van der Waals surface area (Å²) in [6.07, 6.45) is 4.39. The Morgan fingerprint density at radius 1 is 1.19 bits per heavy atom. The molecule has 0 saturated carbocycles. The number of benzene rings is 1. The second kappa shape index (κ2) is 7.84. The monoisotopic (exact) mass is 361 g/mol. The van der Waals surface area contributed by atoms with Crippen LogP contribution in [0.3, 0.4) is 0 Å². The third kappa shape index (κ3) is 4.74. The molecule has 21 heavy (non-hydrogen) atoms. The fourth-order valence-corrected chi connectivity index (χ4v) is 3.44. The molecule has 1 aromatic carbocycles. The van der Waals surface area contributed by atoms with Crippen LogP contribution in [-0.4, -0.2) is 28.2 Å². The van der Waals surface area contributed by atoms with E-state index < -0.39 is 0 Å². The van der Waals surface area contributed by atoms with Crippen LogP contribution >= 0.6 is 46.6 Å². The maximum atomic E-state index is 11.7. The lowest BCUT2D eigenvalue weighted by molar-refractivity contribution is 0.0951. The molecule has 110 valence electrons. The van der Waals surface area contributed by atoms with Gasteiger partial charge in [-0.15, -0.1) is 11.8 Å². The molecule has 0 saturated heterocycles. The third-order valence-corrected chi connectivity index (χ3v) is 4.57. The highest BCUT2D eigenvalue weighted by Crippen LogP contribution is 2.36. The van der Waals surface area contributed by atoms with E-state index >= 15 is 0 Å². The zero-order valence-electron chi connectivity index (χ0n) is 10.6. The summed E-state index contributed by atoms with van der Waals surface area (Å²) in [4.78, 5) is 20.2. The zero-order valence-corrected chi connectivity index (χ0v) is 13.7. The summed E-state index contributed by atoms with van der Waals surface area (Å²) in [6, 6.07) is 3.27. The van der Waals surface area contributed by atoms with E-state index in [0.29, 0.717) is 27.4 Å². The van der Waals surface area contributed by atoms with Gasteiger partial charge in [0, 0.05) is 34.6 Å². The summed E-state index contributed by atoms with van der Waals surface area (Å²) < 4.78 is 0. The molecule has 1 N–H and O–H groups in total. The normalized spacial score (nSPS) is 10.4. The van der Waals surface area contributed by atoms with Gasteiger partial charge in [-0.2, -0.15) is 0 Å². The molecule has 0 unspecified atom stereocenters. The zero-order chi connectivity index (χ0) is 15.2. The largest absolute Gasteiger partial charge is 0.350 e. The summed E-state index contributed by atoms with van der Waals surface area (Å²) in [7, 11) is 0. The van der Waals surface area contributed by atoms with Crippen LogP contribution in [0.1, 0.15) is 10.5 Å². The fraction of sp³-hybridized carbons (Fsp3) is 0.154. The van der Waals surface area contributed by atoms with Crippen molar-refractivity contribution >= 4 is 52.5 Å². The van der Waals surface area contributed by atoms with E-state index in [1.807, 2.05) is 0 Å². The lowest BCUT2D eigenvalue weighted by Crippen LogP contribution is -2.26. The van der Waals surface area contributed by atoms with Crippen LogP contribution in [0.5, 0.6) is 0 Å². The molecule has 0 aliphatic carbocycles. The quantitative estimate of drug-likeness (QED) is 0.646. The summed E-state index contributed by atoms with van der Waals surface area (Å²) in [5.41, 5.74) is 0.282. The molecule has 8 heteroatoms. The van der Waals surface area contributed by atoms with Crippen molar-refractivity contribution in [3.8, 4) is 0 Å². The van der Waals surface area contributed by atoms with Crippen molar-refractivity contribution in [1.29, 1.82) is 0 Å². The fourth-order valence-electron chi connectivity index (χ4n) is 1.49. The number of nitrogens with one attached hydrogen (secondary N) is 1. The standard InChI is InChI=1S/C13H10Cl3N3OS/c14-8-5-9(15)12(10(16)6-8)21-4-3-19-13(20)11-7-17-1-2-18-11/h1-2,5-7H,3-4H2,(H,19,20). The van der Waals surface area contributed by atoms with Crippen molar-refractivity contribution in [3.63, 3.8) is 0 Å². The molecular weight excluding hydrogens is 353 g/mol. The minimum atomic E-state index is -0.267. The van der Waals surface area contributed by atoms with Crippen molar-refractivity contribution in [2.24, 2.45) is 0 Å². The number of aromatic nitrogens is 2. The smallest absolute Gasteiger partial charge is 0.271 e. The minimum Gasteiger partial charge on any atom is -0.350 e. The van der Waals surface area contributed by atoms with Crippen molar-refractivity contribution in [2.45, 2.75) is 4.90 Å². The highest BCUT2D eigenvalue weighted by atomic mass is 35.5. The highest BCUT2D eigenvalue weighted by molar-refractivity contribution is 7.99. The van der Waals surface area contributed by atoms with Crippen LogP contribution in [0.25, 0.3) is 0 Å². The van der Waals surface area contributed by atoms with Gasteiger partial charge >= 0.3 is 0 Å². The first-order valence-corrected chi connectivity index (χ1v) is 8.01. The van der Waals surface area contributed by atoms with Crippen LogP contribution in [0.2, 0.25) is 15.1 Å². The number of halogens is 3. The van der Waals surface area contributed by atoms with Crippen LogP contribution in [0.15, 0.2) is 35.6 Å². The molecule has 4 nitrogen and oxygen atoms in total. The number of rotatable bonds is 5. The van der Waals surface area contributed by atoms with E-state index in [1.54, 1.807) is 12.1 Å². The number of carbonyl (C=O) groups excluding carboxylic acids is 1. The van der Waals surface area contributed by atoms with E-state index in [9.17, 15) is 4.79 Å². The predicted octanol–water partition coefficient (Wildman–Crippen LogP) is 3.96. The molecule has 0 bridgehead atoms. The second-order valence-corrected chi connectivity index (χ2v) is 6.25. The van der Waals surface area contributed by atoms with Crippen molar-refractivity contribution in [1.82, 2.24) is 15.3 Å². The molecule has 0 aliphatic rings. The van der Waals surface area contributed by atoms with Crippen LogP contribution in [0.4, 0.5) is 0 Å².